The summed E-state index contributed by atoms with van der Waals surface area (Å²) in [6.07, 6.45) is 0. The van der Waals surface area contributed by atoms with Crippen molar-refractivity contribution in [3.05, 3.63) is 76.7 Å². The van der Waals surface area contributed by atoms with Crippen molar-refractivity contribution in [1.82, 2.24) is 15.2 Å². The fourth-order valence-electron chi connectivity index (χ4n) is 3.15. The van der Waals surface area contributed by atoms with Crippen LogP contribution in [0.5, 0.6) is 0 Å². The average molecular weight is 426 g/mol. The zero-order valence-corrected chi connectivity index (χ0v) is 18.8. The van der Waals surface area contributed by atoms with Gasteiger partial charge in [-0.2, -0.15) is 0 Å². The van der Waals surface area contributed by atoms with E-state index in [1.807, 2.05) is 20.9 Å². The molecule has 0 saturated carbocycles. The monoisotopic (exact) mass is 425 g/mol. The smallest absolute Gasteiger partial charge is 0.142 e. The molecule has 5 heteroatoms. The lowest BCUT2D eigenvalue weighted by molar-refractivity contribution is 0.627. The first-order chi connectivity index (χ1) is 14.5. The SMILES string of the molecule is C=C(NCC#Cc1cc2cc(CNC)ccc2n1CC)c1ccc(Cl)c(F)c1.CC. The molecule has 0 spiro atoms. The number of aryl methyl sites for hydroxylation is 1. The maximum atomic E-state index is 13.6. The summed E-state index contributed by atoms with van der Waals surface area (Å²) in [4.78, 5) is 0. The average Bonchev–Trinajstić information content (AvgIpc) is 3.11. The van der Waals surface area contributed by atoms with E-state index in [0.29, 0.717) is 17.8 Å². The molecule has 0 saturated heterocycles. The van der Waals surface area contributed by atoms with Crippen LogP contribution in [-0.4, -0.2) is 18.2 Å². The molecule has 2 N–H and O–H groups in total. The highest BCUT2D eigenvalue weighted by Crippen LogP contribution is 2.21. The van der Waals surface area contributed by atoms with E-state index in [4.69, 9.17) is 11.6 Å². The lowest BCUT2D eigenvalue weighted by Crippen LogP contribution is -2.11. The Bertz CT molecular complexity index is 1070. The van der Waals surface area contributed by atoms with Gasteiger partial charge in [0.05, 0.1) is 17.3 Å². The summed E-state index contributed by atoms with van der Waals surface area (Å²) in [5, 5.41) is 7.58. The highest BCUT2D eigenvalue weighted by molar-refractivity contribution is 6.30. The minimum Gasteiger partial charge on any atom is -0.374 e. The number of aromatic nitrogens is 1. The number of fused-ring (bicyclic) bond motifs is 1. The van der Waals surface area contributed by atoms with Gasteiger partial charge in [-0.1, -0.05) is 50.1 Å². The molecule has 0 radical (unpaired) electrons. The highest BCUT2D eigenvalue weighted by atomic mass is 35.5. The first-order valence-corrected chi connectivity index (χ1v) is 10.5. The predicted octanol–water partition coefficient (Wildman–Crippen LogP) is 5.81. The maximum Gasteiger partial charge on any atom is 0.142 e. The Morgan fingerprint density at radius 2 is 1.93 bits per heavy atom. The number of nitrogens with one attached hydrogen (secondary N) is 2. The Labute approximate surface area is 183 Å². The zero-order chi connectivity index (χ0) is 22.1. The van der Waals surface area contributed by atoms with Gasteiger partial charge < -0.3 is 15.2 Å². The third-order valence-electron chi connectivity index (χ3n) is 4.54. The summed E-state index contributed by atoms with van der Waals surface area (Å²) in [5.74, 6) is 5.90. The Balaban J connectivity index is 0.00000155. The molecule has 1 heterocycles. The number of hydrogen-bond acceptors (Lipinski definition) is 2. The molecule has 158 valence electrons. The van der Waals surface area contributed by atoms with Crippen molar-refractivity contribution in [2.75, 3.05) is 13.6 Å². The van der Waals surface area contributed by atoms with Gasteiger partial charge in [-0.25, -0.2) is 4.39 Å². The van der Waals surface area contributed by atoms with Crippen LogP contribution in [0.15, 0.2) is 49.0 Å². The molecule has 0 bridgehead atoms. The normalized spacial score (nSPS) is 10.1. The van der Waals surface area contributed by atoms with Gasteiger partial charge in [-0.3, -0.25) is 0 Å². The van der Waals surface area contributed by atoms with E-state index in [2.05, 4.69) is 64.8 Å². The molecule has 1 aromatic heterocycles. The molecule has 0 unspecified atom stereocenters. The number of halogens is 2. The van der Waals surface area contributed by atoms with Crippen LogP contribution in [0.4, 0.5) is 4.39 Å². The molecule has 0 aliphatic rings. The number of rotatable bonds is 6. The lowest BCUT2D eigenvalue weighted by Gasteiger charge is -2.07. The van der Waals surface area contributed by atoms with E-state index in [1.54, 1.807) is 6.07 Å². The second-order valence-electron chi connectivity index (χ2n) is 6.46. The molecule has 0 atom stereocenters. The fraction of sp³-hybridized carbons (Fsp3) is 0.280. The van der Waals surface area contributed by atoms with Crippen molar-refractivity contribution in [1.29, 1.82) is 0 Å². The summed E-state index contributed by atoms with van der Waals surface area (Å²) < 4.78 is 15.8. The Kier molecular flexibility index (Phi) is 8.98. The molecule has 3 aromatic rings. The second kappa shape index (κ2) is 11.4. The Morgan fingerprint density at radius 1 is 1.17 bits per heavy atom. The third kappa shape index (κ3) is 5.66. The van der Waals surface area contributed by atoms with Crippen LogP contribution in [0.1, 0.15) is 37.6 Å². The van der Waals surface area contributed by atoms with Gasteiger partial charge in [0.1, 0.15) is 5.82 Å². The summed E-state index contributed by atoms with van der Waals surface area (Å²) in [6, 6.07) is 13.2. The standard InChI is InChI=1S/C23H23ClFN3.C2H6/c1-4-28-20(13-19-12-17(15-26-3)7-10-23(19)28)6-5-11-27-16(2)18-8-9-21(24)22(25)14-18;1-2/h7-10,12-14,26-27H,2,4,11,15H2,1,3H3;1-2H3. The van der Waals surface area contributed by atoms with Crippen molar-refractivity contribution in [2.45, 2.75) is 33.9 Å². The second-order valence-corrected chi connectivity index (χ2v) is 6.87. The van der Waals surface area contributed by atoms with Crippen LogP contribution < -0.4 is 10.6 Å². The van der Waals surface area contributed by atoms with Crippen LogP contribution >= 0.6 is 11.6 Å². The predicted molar refractivity (Wildman–Crippen MR) is 127 cm³/mol. The van der Waals surface area contributed by atoms with Crippen LogP contribution in [0.25, 0.3) is 16.6 Å². The summed E-state index contributed by atoms with van der Waals surface area (Å²) in [5.41, 5.74) is 4.67. The first kappa shape index (κ1) is 23.5. The van der Waals surface area contributed by atoms with Gasteiger partial charge in [0, 0.05) is 29.7 Å². The summed E-state index contributed by atoms with van der Waals surface area (Å²) in [7, 11) is 1.94. The van der Waals surface area contributed by atoms with Crippen molar-refractivity contribution in [3.8, 4) is 11.8 Å². The third-order valence-corrected chi connectivity index (χ3v) is 4.84. The first-order valence-electron chi connectivity index (χ1n) is 10.2. The molecule has 0 fully saturated rings. The van der Waals surface area contributed by atoms with Crippen LogP contribution in [-0.2, 0) is 13.1 Å². The van der Waals surface area contributed by atoms with Crippen molar-refractivity contribution in [3.63, 3.8) is 0 Å². The topological polar surface area (TPSA) is 29.0 Å². The van der Waals surface area contributed by atoms with E-state index in [-0.39, 0.29) is 5.02 Å². The molecule has 30 heavy (non-hydrogen) atoms. The van der Waals surface area contributed by atoms with Gasteiger partial charge >= 0.3 is 0 Å². The Morgan fingerprint density at radius 3 is 2.60 bits per heavy atom. The van der Waals surface area contributed by atoms with Crippen LogP contribution in [0.2, 0.25) is 5.02 Å². The van der Waals surface area contributed by atoms with Crippen molar-refractivity contribution in [2.24, 2.45) is 0 Å². The van der Waals surface area contributed by atoms with Crippen LogP contribution in [0.3, 0.4) is 0 Å². The van der Waals surface area contributed by atoms with Gasteiger partial charge in [-0.15, -0.1) is 0 Å². The zero-order valence-electron chi connectivity index (χ0n) is 18.1. The van der Waals surface area contributed by atoms with Crippen LogP contribution in [0, 0.1) is 17.7 Å². The highest BCUT2D eigenvalue weighted by Gasteiger charge is 2.07. The summed E-state index contributed by atoms with van der Waals surface area (Å²) in [6.45, 7) is 12.2. The van der Waals surface area contributed by atoms with E-state index in [0.717, 1.165) is 18.8 Å². The molecule has 3 rings (SSSR count). The van der Waals surface area contributed by atoms with Gasteiger partial charge in [-0.05, 0) is 61.4 Å². The molecular formula is C25H29ClFN3. The van der Waals surface area contributed by atoms with E-state index in [9.17, 15) is 4.39 Å². The molecule has 0 amide bonds. The van der Waals surface area contributed by atoms with Crippen molar-refractivity contribution >= 4 is 28.2 Å². The van der Waals surface area contributed by atoms with Crippen molar-refractivity contribution < 1.29 is 4.39 Å². The lowest BCUT2D eigenvalue weighted by atomic mass is 10.1. The number of nitrogens with zero attached hydrogens (tertiary/aromatic N) is 1. The molecule has 0 aliphatic heterocycles. The van der Waals surface area contributed by atoms with Gasteiger partial charge in [0.15, 0.2) is 0 Å². The number of benzene rings is 2. The van der Waals surface area contributed by atoms with Gasteiger partial charge in [0.25, 0.3) is 0 Å². The summed E-state index contributed by atoms with van der Waals surface area (Å²) >= 11 is 5.72. The quantitative estimate of drug-likeness (QED) is 0.488. The fourth-order valence-corrected chi connectivity index (χ4v) is 3.27. The Hall–Kier alpha value is -2.74. The largest absolute Gasteiger partial charge is 0.374 e. The van der Waals surface area contributed by atoms with E-state index >= 15 is 0 Å². The minimum atomic E-state index is -0.460. The molecule has 3 nitrogen and oxygen atoms in total. The van der Waals surface area contributed by atoms with E-state index in [1.165, 1.54) is 28.6 Å². The van der Waals surface area contributed by atoms with E-state index < -0.39 is 5.82 Å². The minimum absolute atomic E-state index is 0.0987. The van der Waals surface area contributed by atoms with Gasteiger partial charge in [0.2, 0.25) is 0 Å². The molecular weight excluding hydrogens is 397 g/mol. The molecule has 2 aromatic carbocycles. The molecule has 0 aliphatic carbocycles. The number of hydrogen-bond donors (Lipinski definition) is 2. The maximum absolute atomic E-state index is 13.6.